The normalized spacial score (nSPS) is 15.6. The molecule has 110 valence electrons. The summed E-state index contributed by atoms with van der Waals surface area (Å²) >= 11 is 0. The van der Waals surface area contributed by atoms with Crippen LogP contribution in [0.1, 0.15) is 31.4 Å². The first-order chi connectivity index (χ1) is 9.65. The van der Waals surface area contributed by atoms with E-state index in [1.807, 2.05) is 0 Å². The third-order valence-corrected chi connectivity index (χ3v) is 3.18. The van der Waals surface area contributed by atoms with Gasteiger partial charge in [-0.05, 0) is 43.4 Å². The van der Waals surface area contributed by atoms with Gasteiger partial charge in [0.15, 0.2) is 17.6 Å². The number of rotatable bonds is 7. The van der Waals surface area contributed by atoms with Gasteiger partial charge in [0, 0.05) is 0 Å². The van der Waals surface area contributed by atoms with Crippen LogP contribution in [0.15, 0.2) is 18.2 Å². The predicted octanol–water partition coefficient (Wildman–Crippen LogP) is 2.08. The van der Waals surface area contributed by atoms with Crippen molar-refractivity contribution in [2.45, 2.75) is 25.9 Å². The topological polar surface area (TPSA) is 65.0 Å². The summed E-state index contributed by atoms with van der Waals surface area (Å²) in [7, 11) is 1.53. The minimum Gasteiger partial charge on any atom is -0.493 e. The molecule has 1 aromatic carbocycles. The first-order valence-electron chi connectivity index (χ1n) is 6.81. The van der Waals surface area contributed by atoms with Crippen LogP contribution in [-0.2, 0) is 9.53 Å². The fourth-order valence-corrected chi connectivity index (χ4v) is 1.82. The number of methoxy groups -OCH3 is 1. The lowest BCUT2D eigenvalue weighted by molar-refractivity contribution is -0.153. The average molecular weight is 280 g/mol. The molecule has 1 aromatic rings. The summed E-state index contributed by atoms with van der Waals surface area (Å²) in [4.78, 5) is 11.5. The number of benzene rings is 1. The third-order valence-electron chi connectivity index (χ3n) is 3.18. The molecule has 1 aliphatic carbocycles. The minimum atomic E-state index is -1.30. The first-order valence-corrected chi connectivity index (χ1v) is 6.81. The van der Waals surface area contributed by atoms with Crippen LogP contribution in [0.25, 0.3) is 0 Å². The molecule has 0 saturated heterocycles. The second-order valence-corrected chi connectivity index (χ2v) is 4.82. The molecule has 1 atom stereocenters. The van der Waals surface area contributed by atoms with Gasteiger partial charge in [-0.15, -0.1) is 0 Å². The van der Waals surface area contributed by atoms with Gasteiger partial charge >= 0.3 is 5.97 Å². The number of carbonyl (C=O) groups excluding carboxylic acids is 1. The van der Waals surface area contributed by atoms with Crippen LogP contribution < -0.4 is 9.47 Å². The van der Waals surface area contributed by atoms with E-state index in [0.29, 0.717) is 29.6 Å². The Morgan fingerprint density at radius 1 is 1.40 bits per heavy atom. The Balaban J connectivity index is 2.08. The molecule has 0 bridgehead atoms. The molecule has 1 aliphatic rings. The Bertz CT molecular complexity index is 467. The fraction of sp³-hybridized carbons (Fsp3) is 0.533. The summed E-state index contributed by atoms with van der Waals surface area (Å²) in [5, 5.41) is 9.89. The van der Waals surface area contributed by atoms with Crippen LogP contribution in [0.4, 0.5) is 0 Å². The number of hydrogen-bond acceptors (Lipinski definition) is 5. The van der Waals surface area contributed by atoms with E-state index >= 15 is 0 Å². The van der Waals surface area contributed by atoms with Crippen molar-refractivity contribution >= 4 is 5.97 Å². The highest BCUT2D eigenvalue weighted by atomic mass is 16.5. The van der Waals surface area contributed by atoms with Crippen molar-refractivity contribution in [1.29, 1.82) is 0 Å². The molecule has 0 radical (unpaired) electrons. The van der Waals surface area contributed by atoms with Crippen LogP contribution in [-0.4, -0.2) is 31.4 Å². The van der Waals surface area contributed by atoms with Gasteiger partial charge in [0.2, 0.25) is 0 Å². The average Bonchev–Trinajstić information content (AvgIpc) is 3.28. The molecule has 1 saturated carbocycles. The summed E-state index contributed by atoms with van der Waals surface area (Å²) in [5.41, 5.74) is 0.430. The molecule has 0 aromatic heterocycles. The van der Waals surface area contributed by atoms with Gasteiger partial charge in [-0.1, -0.05) is 6.07 Å². The molecule has 5 nitrogen and oxygen atoms in total. The van der Waals surface area contributed by atoms with E-state index in [1.165, 1.54) is 20.0 Å². The van der Waals surface area contributed by atoms with Gasteiger partial charge in [-0.2, -0.15) is 0 Å². The lowest BCUT2D eigenvalue weighted by Gasteiger charge is -2.14. The molecule has 1 fully saturated rings. The SMILES string of the molecule is CCOC(=O)C(O)c1ccc(OCC2CC2)c(OC)c1. The molecular weight excluding hydrogens is 260 g/mol. The maximum absolute atomic E-state index is 11.5. The number of carbonyl (C=O) groups is 1. The Kier molecular flexibility index (Phi) is 4.84. The number of ether oxygens (including phenoxy) is 3. The zero-order valence-corrected chi connectivity index (χ0v) is 11.8. The smallest absolute Gasteiger partial charge is 0.339 e. The molecule has 5 heteroatoms. The number of hydrogen-bond donors (Lipinski definition) is 1. The van der Waals surface area contributed by atoms with Crippen molar-refractivity contribution in [1.82, 2.24) is 0 Å². The maximum atomic E-state index is 11.5. The molecule has 1 N–H and O–H groups in total. The van der Waals surface area contributed by atoms with Gasteiger partial charge in [0.1, 0.15) is 0 Å². The zero-order chi connectivity index (χ0) is 14.5. The molecular formula is C15H20O5. The van der Waals surface area contributed by atoms with E-state index in [1.54, 1.807) is 25.1 Å². The van der Waals surface area contributed by atoms with E-state index in [-0.39, 0.29) is 6.61 Å². The number of aliphatic hydroxyl groups excluding tert-OH is 1. The van der Waals surface area contributed by atoms with Gasteiger partial charge in [-0.3, -0.25) is 0 Å². The quantitative estimate of drug-likeness (QED) is 0.775. The van der Waals surface area contributed by atoms with Gasteiger partial charge < -0.3 is 19.3 Å². The Morgan fingerprint density at radius 2 is 2.15 bits per heavy atom. The second-order valence-electron chi connectivity index (χ2n) is 4.82. The van der Waals surface area contributed by atoms with Gasteiger partial charge in [0.05, 0.1) is 20.3 Å². The van der Waals surface area contributed by atoms with Gasteiger partial charge in [-0.25, -0.2) is 4.79 Å². The fourth-order valence-electron chi connectivity index (χ4n) is 1.82. The largest absolute Gasteiger partial charge is 0.493 e. The van der Waals surface area contributed by atoms with Crippen molar-refractivity contribution in [2.75, 3.05) is 20.3 Å². The van der Waals surface area contributed by atoms with E-state index < -0.39 is 12.1 Å². The van der Waals surface area contributed by atoms with Crippen LogP contribution in [0, 0.1) is 5.92 Å². The second kappa shape index (κ2) is 6.61. The standard InChI is InChI=1S/C15H20O5/c1-3-19-15(17)14(16)11-6-7-12(13(8-11)18-2)20-9-10-4-5-10/h6-8,10,14,16H,3-5,9H2,1-2H3. The lowest BCUT2D eigenvalue weighted by Crippen LogP contribution is -2.15. The summed E-state index contributed by atoms with van der Waals surface area (Å²) in [5.74, 6) is 1.11. The summed E-state index contributed by atoms with van der Waals surface area (Å²) in [6.07, 6.45) is 1.12. The molecule has 0 aliphatic heterocycles. The Labute approximate surface area is 118 Å². The van der Waals surface area contributed by atoms with Crippen LogP contribution in [0.3, 0.4) is 0 Å². The van der Waals surface area contributed by atoms with Crippen LogP contribution in [0.2, 0.25) is 0 Å². The number of aliphatic hydroxyl groups is 1. The summed E-state index contributed by atoms with van der Waals surface area (Å²) in [6, 6.07) is 4.95. The number of esters is 1. The van der Waals surface area contributed by atoms with Crippen molar-refractivity contribution < 1.29 is 24.1 Å². The molecule has 2 rings (SSSR count). The first kappa shape index (κ1) is 14.7. The lowest BCUT2D eigenvalue weighted by atomic mass is 10.1. The van der Waals surface area contributed by atoms with Crippen LogP contribution >= 0.6 is 0 Å². The van der Waals surface area contributed by atoms with Crippen molar-refractivity contribution in [2.24, 2.45) is 5.92 Å². The highest BCUT2D eigenvalue weighted by Crippen LogP contribution is 2.34. The molecule has 0 spiro atoms. The highest BCUT2D eigenvalue weighted by molar-refractivity contribution is 5.76. The van der Waals surface area contributed by atoms with Crippen molar-refractivity contribution in [3.05, 3.63) is 23.8 Å². The van der Waals surface area contributed by atoms with E-state index in [9.17, 15) is 9.90 Å². The Hall–Kier alpha value is -1.75. The minimum absolute atomic E-state index is 0.232. The molecule has 0 heterocycles. The molecule has 0 amide bonds. The molecule has 1 unspecified atom stereocenters. The monoisotopic (exact) mass is 280 g/mol. The Morgan fingerprint density at radius 3 is 2.75 bits per heavy atom. The maximum Gasteiger partial charge on any atom is 0.339 e. The van der Waals surface area contributed by atoms with Gasteiger partial charge in [0.25, 0.3) is 0 Å². The van der Waals surface area contributed by atoms with Crippen LogP contribution in [0.5, 0.6) is 11.5 Å². The van der Waals surface area contributed by atoms with Crippen molar-refractivity contribution in [3.8, 4) is 11.5 Å². The zero-order valence-electron chi connectivity index (χ0n) is 11.8. The van der Waals surface area contributed by atoms with E-state index in [2.05, 4.69) is 0 Å². The highest BCUT2D eigenvalue weighted by Gasteiger charge is 2.23. The van der Waals surface area contributed by atoms with E-state index in [4.69, 9.17) is 14.2 Å². The van der Waals surface area contributed by atoms with Crippen molar-refractivity contribution in [3.63, 3.8) is 0 Å². The molecule has 20 heavy (non-hydrogen) atoms. The third kappa shape index (κ3) is 3.63. The predicted molar refractivity (Wildman–Crippen MR) is 72.8 cm³/mol. The summed E-state index contributed by atoms with van der Waals surface area (Å²) in [6.45, 7) is 2.60. The summed E-state index contributed by atoms with van der Waals surface area (Å²) < 4.78 is 15.7. The van der Waals surface area contributed by atoms with E-state index in [0.717, 1.165) is 0 Å².